The van der Waals surface area contributed by atoms with Crippen molar-refractivity contribution in [3.63, 3.8) is 0 Å². The van der Waals surface area contributed by atoms with Crippen molar-refractivity contribution in [3.8, 4) is 0 Å². The minimum absolute atomic E-state index is 0.201. The maximum absolute atomic E-state index is 11.7. The Labute approximate surface area is 103 Å². The van der Waals surface area contributed by atoms with Gasteiger partial charge in [-0.05, 0) is 26.8 Å². The Kier molecular flexibility index (Phi) is 7.33. The van der Waals surface area contributed by atoms with Crippen LogP contribution in [-0.2, 0) is 19.4 Å². The summed E-state index contributed by atoms with van der Waals surface area (Å²) in [6, 6.07) is -0.201. The lowest BCUT2D eigenvalue weighted by Gasteiger charge is -2.15. The number of carbonyl (C=O) groups is 1. The van der Waals surface area contributed by atoms with Crippen LogP contribution >= 0.6 is 0 Å². The third-order valence-corrected chi connectivity index (χ3v) is 4.47. The molecule has 0 aliphatic heterocycles. The number of amides is 1. The molecule has 6 nitrogen and oxygen atoms in total. The molecule has 0 heterocycles. The van der Waals surface area contributed by atoms with E-state index in [0.717, 1.165) is 0 Å². The maximum atomic E-state index is 11.7. The first-order valence-corrected chi connectivity index (χ1v) is 7.25. The van der Waals surface area contributed by atoms with E-state index in [1.807, 2.05) is 0 Å². The summed E-state index contributed by atoms with van der Waals surface area (Å²) in [5.74, 6) is -0.999. The molecule has 0 aromatic heterocycles. The fraction of sp³-hybridized carbons (Fsp3) is 0.900. The first-order valence-electron chi connectivity index (χ1n) is 5.53. The van der Waals surface area contributed by atoms with Gasteiger partial charge in [0.05, 0.1) is 11.9 Å². The molecule has 0 aliphatic rings. The fourth-order valence-electron chi connectivity index (χ4n) is 1.35. The van der Waals surface area contributed by atoms with E-state index >= 15 is 0 Å². The Bertz CT molecular complexity index is 329. The van der Waals surface area contributed by atoms with Crippen molar-refractivity contribution in [2.45, 2.75) is 31.6 Å². The van der Waals surface area contributed by atoms with Crippen molar-refractivity contribution in [1.29, 1.82) is 0 Å². The molecule has 7 heteroatoms. The number of methoxy groups -OCH3 is 1. The van der Waals surface area contributed by atoms with Crippen LogP contribution in [0.2, 0.25) is 0 Å². The Morgan fingerprint density at radius 1 is 1.41 bits per heavy atom. The van der Waals surface area contributed by atoms with Crippen LogP contribution in [0.5, 0.6) is 0 Å². The highest BCUT2D eigenvalue weighted by Crippen LogP contribution is 2.05. The van der Waals surface area contributed by atoms with E-state index in [1.54, 1.807) is 13.8 Å². The van der Waals surface area contributed by atoms with Gasteiger partial charge in [0.25, 0.3) is 0 Å². The number of hydrogen-bond donors (Lipinski definition) is 2. The highest BCUT2D eigenvalue weighted by Gasteiger charge is 2.24. The molecule has 3 N–H and O–H groups in total. The van der Waals surface area contributed by atoms with Gasteiger partial charge in [0.15, 0.2) is 9.84 Å². The second-order valence-electron chi connectivity index (χ2n) is 4.12. The first-order chi connectivity index (χ1) is 7.83. The van der Waals surface area contributed by atoms with Gasteiger partial charge in [-0.1, -0.05) is 0 Å². The number of nitrogens with two attached hydrogens (primary N) is 1. The van der Waals surface area contributed by atoms with E-state index in [1.165, 1.54) is 7.11 Å². The number of nitrogens with one attached hydrogen (secondary N) is 1. The standard InChI is InChI=1S/C10H22N2O4S/c1-8(6-16-3)12-10(13)7-17(14,15)9(2)4-5-11/h8-9H,4-7,11H2,1-3H3,(H,12,13). The van der Waals surface area contributed by atoms with Crippen LogP contribution < -0.4 is 11.1 Å². The van der Waals surface area contributed by atoms with Crippen LogP contribution in [0, 0.1) is 0 Å². The highest BCUT2D eigenvalue weighted by molar-refractivity contribution is 7.92. The minimum atomic E-state index is -3.42. The number of rotatable bonds is 8. The fourth-order valence-corrected chi connectivity index (χ4v) is 2.58. The summed E-state index contributed by atoms with van der Waals surface area (Å²) in [4.78, 5) is 11.5. The van der Waals surface area contributed by atoms with Crippen LogP contribution in [0.1, 0.15) is 20.3 Å². The van der Waals surface area contributed by atoms with Crippen LogP contribution in [0.25, 0.3) is 0 Å². The largest absolute Gasteiger partial charge is 0.383 e. The van der Waals surface area contributed by atoms with Gasteiger partial charge < -0.3 is 15.8 Å². The molecule has 0 aliphatic carbocycles. The molecule has 0 saturated carbocycles. The van der Waals surface area contributed by atoms with Gasteiger partial charge in [-0.3, -0.25) is 4.79 Å². The molecule has 0 bridgehead atoms. The molecule has 0 aromatic rings. The molecule has 0 spiro atoms. The van der Waals surface area contributed by atoms with Gasteiger partial charge in [0, 0.05) is 13.2 Å². The van der Waals surface area contributed by atoms with Gasteiger partial charge in [0.1, 0.15) is 5.75 Å². The predicted octanol–water partition coefficient (Wildman–Crippen LogP) is -0.710. The summed E-state index contributed by atoms with van der Waals surface area (Å²) in [7, 11) is -1.90. The van der Waals surface area contributed by atoms with Crippen molar-refractivity contribution in [2.24, 2.45) is 5.73 Å². The topological polar surface area (TPSA) is 98.5 Å². The second-order valence-corrected chi connectivity index (χ2v) is 6.54. The molecule has 17 heavy (non-hydrogen) atoms. The molecule has 2 atom stereocenters. The van der Waals surface area contributed by atoms with Crippen LogP contribution in [0.4, 0.5) is 0 Å². The average molecular weight is 266 g/mol. The molecule has 0 aromatic carbocycles. The molecule has 1 amide bonds. The normalized spacial score (nSPS) is 15.3. The summed E-state index contributed by atoms with van der Waals surface area (Å²) in [5.41, 5.74) is 5.30. The number of carbonyl (C=O) groups excluding carboxylic acids is 1. The lowest BCUT2D eigenvalue weighted by Crippen LogP contribution is -2.40. The van der Waals surface area contributed by atoms with Crippen molar-refractivity contribution in [3.05, 3.63) is 0 Å². The number of hydrogen-bond acceptors (Lipinski definition) is 5. The van der Waals surface area contributed by atoms with Crippen LogP contribution in [0.15, 0.2) is 0 Å². The summed E-state index contributed by atoms with van der Waals surface area (Å²) in [6.07, 6.45) is 0.364. The summed E-state index contributed by atoms with van der Waals surface area (Å²) >= 11 is 0. The van der Waals surface area contributed by atoms with E-state index in [-0.39, 0.29) is 6.04 Å². The molecule has 0 radical (unpaired) electrons. The van der Waals surface area contributed by atoms with E-state index < -0.39 is 26.7 Å². The Hall–Kier alpha value is -0.660. The average Bonchev–Trinajstić information content (AvgIpc) is 2.16. The molecule has 102 valence electrons. The van der Waals surface area contributed by atoms with Crippen LogP contribution in [0.3, 0.4) is 0 Å². The summed E-state index contributed by atoms with van der Waals surface area (Å²) in [6.45, 7) is 3.96. The lowest BCUT2D eigenvalue weighted by molar-refractivity contribution is -0.119. The van der Waals surface area contributed by atoms with Crippen molar-refractivity contribution in [2.75, 3.05) is 26.0 Å². The van der Waals surface area contributed by atoms with Gasteiger partial charge in [-0.2, -0.15) is 0 Å². The SMILES string of the molecule is COCC(C)NC(=O)CS(=O)(=O)C(C)CCN. The predicted molar refractivity (Wildman–Crippen MR) is 66.4 cm³/mol. The Morgan fingerprint density at radius 2 is 2.00 bits per heavy atom. The van der Waals surface area contributed by atoms with Crippen molar-refractivity contribution >= 4 is 15.7 Å². The molecule has 0 rings (SSSR count). The maximum Gasteiger partial charge on any atom is 0.235 e. The first kappa shape index (κ1) is 16.3. The second kappa shape index (κ2) is 7.62. The molecular weight excluding hydrogens is 244 g/mol. The zero-order valence-electron chi connectivity index (χ0n) is 10.6. The van der Waals surface area contributed by atoms with E-state index in [9.17, 15) is 13.2 Å². The van der Waals surface area contributed by atoms with Crippen molar-refractivity contribution in [1.82, 2.24) is 5.32 Å². The Balaban J connectivity index is 4.28. The summed E-state index contributed by atoms with van der Waals surface area (Å²) in [5, 5.41) is 1.97. The molecule has 0 fully saturated rings. The molecule has 2 unspecified atom stereocenters. The number of ether oxygens (including phenoxy) is 1. The smallest absolute Gasteiger partial charge is 0.235 e. The lowest BCUT2D eigenvalue weighted by atomic mass is 10.3. The van der Waals surface area contributed by atoms with E-state index in [0.29, 0.717) is 19.6 Å². The summed E-state index contributed by atoms with van der Waals surface area (Å²) < 4.78 is 28.3. The van der Waals surface area contributed by atoms with E-state index in [2.05, 4.69) is 5.32 Å². The number of sulfone groups is 1. The Morgan fingerprint density at radius 3 is 2.47 bits per heavy atom. The third kappa shape index (κ3) is 6.60. The zero-order valence-corrected chi connectivity index (χ0v) is 11.4. The van der Waals surface area contributed by atoms with Gasteiger partial charge in [-0.15, -0.1) is 0 Å². The van der Waals surface area contributed by atoms with Gasteiger partial charge in [0.2, 0.25) is 5.91 Å². The van der Waals surface area contributed by atoms with E-state index in [4.69, 9.17) is 10.5 Å². The molecular formula is C10H22N2O4S. The van der Waals surface area contributed by atoms with Crippen LogP contribution in [-0.4, -0.2) is 51.6 Å². The zero-order chi connectivity index (χ0) is 13.5. The monoisotopic (exact) mass is 266 g/mol. The van der Waals surface area contributed by atoms with Crippen molar-refractivity contribution < 1.29 is 17.9 Å². The highest BCUT2D eigenvalue weighted by atomic mass is 32.2. The molecule has 0 saturated heterocycles. The van der Waals surface area contributed by atoms with Gasteiger partial charge in [-0.25, -0.2) is 8.42 Å². The quantitative estimate of drug-likeness (QED) is 0.604. The minimum Gasteiger partial charge on any atom is -0.383 e. The van der Waals surface area contributed by atoms with Gasteiger partial charge >= 0.3 is 0 Å². The third-order valence-electron chi connectivity index (χ3n) is 2.34.